The summed E-state index contributed by atoms with van der Waals surface area (Å²) in [6.07, 6.45) is 0. The van der Waals surface area contributed by atoms with Crippen molar-refractivity contribution in [2.75, 3.05) is 5.73 Å². The Morgan fingerprint density at radius 1 is 0.571 bits per heavy atom. The second kappa shape index (κ2) is 6.10. The molecular formula is C27H23N. The molecule has 0 saturated heterocycles. The molecule has 1 nitrogen and oxygen atoms in total. The van der Waals surface area contributed by atoms with Crippen LogP contribution in [-0.4, -0.2) is 0 Å². The molecule has 28 heavy (non-hydrogen) atoms. The van der Waals surface area contributed by atoms with Crippen LogP contribution in [0.3, 0.4) is 0 Å². The smallest absolute Gasteiger partial charge is 0.0441 e. The fourth-order valence-corrected chi connectivity index (χ4v) is 4.66. The van der Waals surface area contributed by atoms with Gasteiger partial charge < -0.3 is 5.73 Å². The van der Waals surface area contributed by atoms with Crippen LogP contribution in [0.4, 0.5) is 5.69 Å². The van der Waals surface area contributed by atoms with Gasteiger partial charge in [-0.2, -0.15) is 0 Å². The molecule has 1 aliphatic carbocycles. The summed E-state index contributed by atoms with van der Waals surface area (Å²) in [6.45, 7) is 4.55. The number of benzene rings is 4. The minimum absolute atomic E-state index is 0.0942. The van der Waals surface area contributed by atoms with Crippen LogP contribution in [0, 0.1) is 0 Å². The van der Waals surface area contributed by atoms with Crippen LogP contribution < -0.4 is 5.73 Å². The minimum atomic E-state index is -0.0942. The SMILES string of the molecule is CC1(C)c2ccccc2-c2ccc(-c3cccc(-c4ccccc4)c3)c(N)c21. The Kier molecular flexibility index (Phi) is 3.67. The van der Waals surface area contributed by atoms with Gasteiger partial charge in [0.1, 0.15) is 0 Å². The number of hydrogen-bond donors (Lipinski definition) is 1. The lowest BCUT2D eigenvalue weighted by Gasteiger charge is -2.24. The van der Waals surface area contributed by atoms with E-state index in [0.29, 0.717) is 0 Å². The van der Waals surface area contributed by atoms with Gasteiger partial charge in [0, 0.05) is 16.7 Å². The van der Waals surface area contributed by atoms with Gasteiger partial charge in [-0.15, -0.1) is 0 Å². The maximum atomic E-state index is 6.81. The zero-order chi connectivity index (χ0) is 19.3. The molecule has 0 bridgehead atoms. The van der Waals surface area contributed by atoms with E-state index in [1.165, 1.54) is 33.4 Å². The molecule has 0 aliphatic heterocycles. The number of anilines is 1. The van der Waals surface area contributed by atoms with Gasteiger partial charge in [0.2, 0.25) is 0 Å². The third-order valence-corrected chi connectivity index (χ3v) is 6.04. The fraction of sp³-hybridized carbons (Fsp3) is 0.111. The molecule has 0 amide bonds. The van der Waals surface area contributed by atoms with Crippen molar-refractivity contribution >= 4 is 5.69 Å². The molecule has 136 valence electrons. The van der Waals surface area contributed by atoms with Gasteiger partial charge in [-0.3, -0.25) is 0 Å². The highest BCUT2D eigenvalue weighted by Crippen LogP contribution is 2.52. The van der Waals surface area contributed by atoms with Crippen LogP contribution in [0.5, 0.6) is 0 Å². The summed E-state index contributed by atoms with van der Waals surface area (Å²) in [5.74, 6) is 0. The number of hydrogen-bond acceptors (Lipinski definition) is 1. The van der Waals surface area contributed by atoms with Crippen molar-refractivity contribution in [2.45, 2.75) is 19.3 Å². The lowest BCUT2D eigenvalue weighted by Crippen LogP contribution is -2.17. The molecule has 0 saturated carbocycles. The van der Waals surface area contributed by atoms with Crippen molar-refractivity contribution < 1.29 is 0 Å². The second-order valence-corrected chi connectivity index (χ2v) is 8.07. The van der Waals surface area contributed by atoms with E-state index >= 15 is 0 Å². The zero-order valence-electron chi connectivity index (χ0n) is 16.2. The zero-order valence-corrected chi connectivity index (χ0v) is 16.2. The third-order valence-electron chi connectivity index (χ3n) is 6.04. The molecular weight excluding hydrogens is 338 g/mol. The van der Waals surface area contributed by atoms with Gasteiger partial charge in [0.05, 0.1) is 0 Å². The molecule has 0 spiro atoms. The molecule has 5 rings (SSSR count). The van der Waals surface area contributed by atoms with E-state index in [9.17, 15) is 0 Å². The van der Waals surface area contributed by atoms with E-state index < -0.39 is 0 Å². The summed E-state index contributed by atoms with van der Waals surface area (Å²) in [5.41, 5.74) is 17.5. The molecule has 4 aromatic carbocycles. The molecule has 0 atom stereocenters. The largest absolute Gasteiger partial charge is 0.398 e. The first kappa shape index (κ1) is 16.8. The lowest BCUT2D eigenvalue weighted by atomic mass is 9.80. The molecule has 4 aromatic rings. The molecule has 0 heterocycles. The summed E-state index contributed by atoms with van der Waals surface area (Å²) in [6, 6.07) is 32.2. The van der Waals surface area contributed by atoms with Crippen LogP contribution in [-0.2, 0) is 5.41 Å². The Hall–Kier alpha value is -3.32. The number of rotatable bonds is 2. The number of fused-ring (bicyclic) bond motifs is 3. The molecule has 0 radical (unpaired) electrons. The Balaban J connectivity index is 1.68. The number of nitrogens with two attached hydrogens (primary N) is 1. The highest BCUT2D eigenvalue weighted by molar-refractivity contribution is 5.92. The van der Waals surface area contributed by atoms with Crippen LogP contribution in [0.25, 0.3) is 33.4 Å². The monoisotopic (exact) mass is 361 g/mol. The van der Waals surface area contributed by atoms with Crippen molar-refractivity contribution in [1.82, 2.24) is 0 Å². The lowest BCUT2D eigenvalue weighted by molar-refractivity contribution is 0.663. The molecule has 2 N–H and O–H groups in total. The van der Waals surface area contributed by atoms with Crippen LogP contribution >= 0.6 is 0 Å². The van der Waals surface area contributed by atoms with Gasteiger partial charge in [0.15, 0.2) is 0 Å². The second-order valence-electron chi connectivity index (χ2n) is 8.07. The van der Waals surface area contributed by atoms with Crippen molar-refractivity contribution in [3.05, 3.63) is 102 Å². The molecule has 0 unspecified atom stereocenters. The minimum Gasteiger partial charge on any atom is -0.398 e. The van der Waals surface area contributed by atoms with Crippen molar-refractivity contribution in [3.8, 4) is 33.4 Å². The average Bonchev–Trinajstić information content (AvgIpc) is 2.97. The predicted molar refractivity (Wildman–Crippen MR) is 119 cm³/mol. The summed E-state index contributed by atoms with van der Waals surface area (Å²) >= 11 is 0. The van der Waals surface area contributed by atoms with E-state index in [4.69, 9.17) is 5.73 Å². The van der Waals surface area contributed by atoms with E-state index in [2.05, 4.69) is 98.8 Å². The summed E-state index contributed by atoms with van der Waals surface area (Å²) < 4.78 is 0. The van der Waals surface area contributed by atoms with Crippen LogP contribution in [0.2, 0.25) is 0 Å². The van der Waals surface area contributed by atoms with Gasteiger partial charge in [-0.25, -0.2) is 0 Å². The first-order valence-corrected chi connectivity index (χ1v) is 9.76. The van der Waals surface area contributed by atoms with Gasteiger partial charge in [-0.05, 0) is 45.0 Å². The topological polar surface area (TPSA) is 26.0 Å². The highest BCUT2D eigenvalue weighted by Gasteiger charge is 2.37. The third kappa shape index (κ3) is 2.40. The van der Waals surface area contributed by atoms with E-state index in [1.54, 1.807) is 0 Å². The van der Waals surface area contributed by atoms with E-state index in [0.717, 1.165) is 16.8 Å². The van der Waals surface area contributed by atoms with E-state index in [1.807, 2.05) is 6.07 Å². The Morgan fingerprint density at radius 2 is 1.21 bits per heavy atom. The fourth-order valence-electron chi connectivity index (χ4n) is 4.66. The van der Waals surface area contributed by atoms with E-state index in [-0.39, 0.29) is 5.41 Å². The Bertz CT molecular complexity index is 1190. The maximum Gasteiger partial charge on any atom is 0.0441 e. The molecule has 1 heteroatoms. The maximum absolute atomic E-state index is 6.81. The number of nitrogen functional groups attached to an aromatic ring is 1. The van der Waals surface area contributed by atoms with Crippen LogP contribution in [0.15, 0.2) is 91.0 Å². The highest BCUT2D eigenvalue weighted by atomic mass is 14.6. The Labute approximate surface area is 166 Å². The Morgan fingerprint density at radius 3 is 2.04 bits per heavy atom. The van der Waals surface area contributed by atoms with Crippen LogP contribution in [0.1, 0.15) is 25.0 Å². The molecule has 0 aromatic heterocycles. The summed E-state index contributed by atoms with van der Waals surface area (Å²) in [5, 5.41) is 0. The molecule has 1 aliphatic rings. The van der Waals surface area contributed by atoms with Gasteiger partial charge >= 0.3 is 0 Å². The predicted octanol–water partition coefficient (Wildman–Crippen LogP) is 6.91. The quantitative estimate of drug-likeness (QED) is 0.386. The average molecular weight is 361 g/mol. The van der Waals surface area contributed by atoms with Crippen molar-refractivity contribution in [1.29, 1.82) is 0 Å². The van der Waals surface area contributed by atoms with Crippen molar-refractivity contribution in [3.63, 3.8) is 0 Å². The van der Waals surface area contributed by atoms with Gasteiger partial charge in [-0.1, -0.05) is 98.8 Å². The van der Waals surface area contributed by atoms with Crippen molar-refractivity contribution in [2.24, 2.45) is 0 Å². The first-order valence-electron chi connectivity index (χ1n) is 9.76. The molecule has 0 fully saturated rings. The standard InChI is InChI=1S/C27H23N/c1-27(2)24-14-7-6-13-22(24)23-16-15-21(26(28)25(23)27)20-12-8-11-19(17-20)18-9-4-3-5-10-18/h3-17H,28H2,1-2H3. The summed E-state index contributed by atoms with van der Waals surface area (Å²) in [4.78, 5) is 0. The van der Waals surface area contributed by atoms with Gasteiger partial charge in [0.25, 0.3) is 0 Å². The summed E-state index contributed by atoms with van der Waals surface area (Å²) in [7, 11) is 0. The first-order chi connectivity index (χ1) is 13.6. The normalized spacial score (nSPS) is 13.8.